The molecule has 0 fully saturated rings. The number of amides is 1. The van der Waals surface area contributed by atoms with E-state index >= 15 is 0 Å². The monoisotopic (exact) mass is 445 g/mol. The van der Waals surface area contributed by atoms with Crippen molar-refractivity contribution in [3.63, 3.8) is 0 Å². The van der Waals surface area contributed by atoms with Gasteiger partial charge >= 0.3 is 0 Å². The summed E-state index contributed by atoms with van der Waals surface area (Å²) in [4.78, 5) is 30.8. The first kappa shape index (κ1) is 21.6. The zero-order valence-electron chi connectivity index (χ0n) is 17.8. The first-order valence-electron chi connectivity index (χ1n) is 10.3. The molecule has 32 heavy (non-hydrogen) atoms. The molecule has 0 saturated heterocycles. The van der Waals surface area contributed by atoms with Crippen LogP contribution in [0.2, 0.25) is 0 Å². The number of nitrogens with one attached hydrogen (secondary N) is 1. The zero-order valence-corrected chi connectivity index (χ0v) is 18.6. The fourth-order valence-electron chi connectivity index (χ4n) is 3.25. The molecule has 1 amide bonds. The van der Waals surface area contributed by atoms with E-state index in [4.69, 9.17) is 9.72 Å². The van der Waals surface area contributed by atoms with Crippen LogP contribution in [-0.2, 0) is 4.79 Å². The SMILES string of the molecule is CCOc1ccc(NC(=O)[C@@H](C)Sc2nc3ccccc3c(=O)n2-c2ccccc2)cc1. The van der Waals surface area contributed by atoms with E-state index in [9.17, 15) is 9.59 Å². The summed E-state index contributed by atoms with van der Waals surface area (Å²) in [5.74, 6) is 0.571. The van der Waals surface area contributed by atoms with E-state index in [1.165, 1.54) is 11.8 Å². The van der Waals surface area contributed by atoms with Gasteiger partial charge in [0.05, 0.1) is 28.4 Å². The number of thioether (sulfide) groups is 1. The summed E-state index contributed by atoms with van der Waals surface area (Å²) in [5, 5.41) is 3.43. The van der Waals surface area contributed by atoms with Crippen molar-refractivity contribution in [1.29, 1.82) is 0 Å². The van der Waals surface area contributed by atoms with E-state index in [1.54, 1.807) is 35.8 Å². The largest absolute Gasteiger partial charge is 0.494 e. The molecule has 1 heterocycles. The lowest BCUT2D eigenvalue weighted by atomic mass is 10.2. The third-order valence-corrected chi connectivity index (χ3v) is 5.90. The lowest BCUT2D eigenvalue weighted by Gasteiger charge is -2.16. The molecular formula is C25H23N3O3S. The van der Waals surface area contributed by atoms with Crippen LogP contribution < -0.4 is 15.6 Å². The van der Waals surface area contributed by atoms with Crippen molar-refractivity contribution in [2.24, 2.45) is 0 Å². The summed E-state index contributed by atoms with van der Waals surface area (Å²) >= 11 is 1.25. The van der Waals surface area contributed by atoms with Crippen LogP contribution in [0.3, 0.4) is 0 Å². The molecule has 0 aliphatic carbocycles. The van der Waals surface area contributed by atoms with Gasteiger partial charge in [-0.1, -0.05) is 42.1 Å². The van der Waals surface area contributed by atoms with Crippen LogP contribution in [0.15, 0.2) is 88.8 Å². The van der Waals surface area contributed by atoms with Crippen molar-refractivity contribution in [1.82, 2.24) is 9.55 Å². The second kappa shape index (κ2) is 9.70. The Morgan fingerprint density at radius 2 is 1.72 bits per heavy atom. The van der Waals surface area contributed by atoms with Crippen molar-refractivity contribution in [3.05, 3.63) is 89.2 Å². The van der Waals surface area contributed by atoms with Gasteiger partial charge in [-0.05, 0) is 62.4 Å². The van der Waals surface area contributed by atoms with Gasteiger partial charge in [-0.25, -0.2) is 4.98 Å². The average molecular weight is 446 g/mol. The Balaban J connectivity index is 1.62. The second-order valence-electron chi connectivity index (χ2n) is 7.09. The first-order chi connectivity index (χ1) is 15.6. The van der Waals surface area contributed by atoms with Crippen LogP contribution in [0.25, 0.3) is 16.6 Å². The zero-order chi connectivity index (χ0) is 22.5. The number of hydrogen-bond acceptors (Lipinski definition) is 5. The molecule has 0 saturated carbocycles. The quantitative estimate of drug-likeness (QED) is 0.323. The summed E-state index contributed by atoms with van der Waals surface area (Å²) in [7, 11) is 0. The molecule has 4 aromatic rings. The summed E-state index contributed by atoms with van der Waals surface area (Å²) in [6.07, 6.45) is 0. The van der Waals surface area contributed by atoms with Crippen LogP contribution in [0.5, 0.6) is 5.75 Å². The smallest absolute Gasteiger partial charge is 0.266 e. The molecule has 0 aliphatic heterocycles. The normalized spacial score (nSPS) is 11.8. The maximum Gasteiger partial charge on any atom is 0.266 e. The molecule has 1 N–H and O–H groups in total. The number of benzene rings is 3. The summed E-state index contributed by atoms with van der Waals surface area (Å²) in [5.41, 5.74) is 1.82. The highest BCUT2D eigenvalue weighted by atomic mass is 32.2. The Kier molecular flexibility index (Phi) is 6.56. The van der Waals surface area contributed by atoms with Gasteiger partial charge in [0.2, 0.25) is 5.91 Å². The molecule has 0 radical (unpaired) electrons. The minimum absolute atomic E-state index is 0.163. The van der Waals surface area contributed by atoms with Crippen molar-refractivity contribution in [2.45, 2.75) is 24.3 Å². The van der Waals surface area contributed by atoms with Crippen LogP contribution in [0, 0.1) is 0 Å². The lowest BCUT2D eigenvalue weighted by molar-refractivity contribution is -0.115. The second-order valence-corrected chi connectivity index (χ2v) is 8.40. The van der Waals surface area contributed by atoms with Crippen molar-refractivity contribution in [3.8, 4) is 11.4 Å². The van der Waals surface area contributed by atoms with Gasteiger partial charge in [0.25, 0.3) is 5.56 Å². The third-order valence-electron chi connectivity index (χ3n) is 4.84. The Morgan fingerprint density at radius 1 is 1.03 bits per heavy atom. The van der Waals surface area contributed by atoms with Gasteiger partial charge in [0, 0.05) is 5.69 Å². The van der Waals surface area contributed by atoms with Gasteiger partial charge in [0.15, 0.2) is 5.16 Å². The summed E-state index contributed by atoms with van der Waals surface area (Å²) in [6, 6.07) is 23.8. The number of carbonyl (C=O) groups excluding carboxylic acids is 1. The van der Waals surface area contributed by atoms with Crippen LogP contribution >= 0.6 is 11.8 Å². The van der Waals surface area contributed by atoms with E-state index < -0.39 is 5.25 Å². The summed E-state index contributed by atoms with van der Waals surface area (Å²) in [6.45, 7) is 4.30. The van der Waals surface area contributed by atoms with Crippen LogP contribution in [0.1, 0.15) is 13.8 Å². The number of rotatable bonds is 7. The highest BCUT2D eigenvalue weighted by Gasteiger charge is 2.20. The van der Waals surface area contributed by atoms with Crippen molar-refractivity contribution < 1.29 is 9.53 Å². The molecule has 1 aromatic heterocycles. The standard InChI is InChI=1S/C25H23N3O3S/c1-3-31-20-15-13-18(14-16-20)26-23(29)17(2)32-25-27-22-12-8-7-11-21(22)24(30)28(25)19-9-5-4-6-10-19/h4-17H,3H2,1-2H3,(H,26,29)/t17-/m1/s1. The Hall–Kier alpha value is -3.58. The highest BCUT2D eigenvalue weighted by molar-refractivity contribution is 8.00. The Bertz CT molecular complexity index is 1290. The first-order valence-corrected chi connectivity index (χ1v) is 11.2. The number of hydrogen-bond donors (Lipinski definition) is 1. The predicted octanol–water partition coefficient (Wildman–Crippen LogP) is 4.90. The maximum atomic E-state index is 13.3. The molecule has 6 nitrogen and oxygen atoms in total. The van der Waals surface area contributed by atoms with Gasteiger partial charge < -0.3 is 10.1 Å². The van der Waals surface area contributed by atoms with E-state index in [0.717, 1.165) is 5.75 Å². The fraction of sp³-hybridized carbons (Fsp3) is 0.160. The molecule has 0 unspecified atom stereocenters. The van der Waals surface area contributed by atoms with E-state index in [0.29, 0.717) is 34.0 Å². The van der Waals surface area contributed by atoms with E-state index in [1.807, 2.05) is 61.5 Å². The number of fused-ring (bicyclic) bond motifs is 1. The highest BCUT2D eigenvalue weighted by Crippen LogP contribution is 2.26. The minimum atomic E-state index is -0.482. The van der Waals surface area contributed by atoms with E-state index in [-0.39, 0.29) is 11.5 Å². The number of ether oxygens (including phenoxy) is 1. The molecule has 0 bridgehead atoms. The van der Waals surface area contributed by atoms with Gasteiger partial charge in [0.1, 0.15) is 5.75 Å². The molecule has 0 spiro atoms. The molecule has 7 heteroatoms. The number of para-hydroxylation sites is 2. The third kappa shape index (κ3) is 4.68. The van der Waals surface area contributed by atoms with Gasteiger partial charge in [-0.15, -0.1) is 0 Å². The van der Waals surface area contributed by atoms with Crippen molar-refractivity contribution >= 4 is 34.3 Å². The molecule has 162 valence electrons. The molecule has 4 rings (SSSR count). The van der Waals surface area contributed by atoms with Crippen LogP contribution in [-0.4, -0.2) is 27.3 Å². The number of anilines is 1. The number of nitrogens with zero attached hydrogens (tertiary/aromatic N) is 2. The molecule has 0 aliphatic rings. The topological polar surface area (TPSA) is 73.2 Å². The maximum absolute atomic E-state index is 13.3. The Morgan fingerprint density at radius 3 is 2.44 bits per heavy atom. The summed E-state index contributed by atoms with van der Waals surface area (Å²) < 4.78 is 7.00. The fourth-order valence-corrected chi connectivity index (χ4v) is 4.18. The van der Waals surface area contributed by atoms with Crippen LogP contribution in [0.4, 0.5) is 5.69 Å². The molecular weight excluding hydrogens is 422 g/mol. The minimum Gasteiger partial charge on any atom is -0.494 e. The predicted molar refractivity (Wildman–Crippen MR) is 129 cm³/mol. The molecule has 1 atom stereocenters. The van der Waals surface area contributed by atoms with Gasteiger partial charge in [-0.3, -0.25) is 14.2 Å². The average Bonchev–Trinajstić information content (AvgIpc) is 2.81. The van der Waals surface area contributed by atoms with E-state index in [2.05, 4.69) is 5.32 Å². The lowest BCUT2D eigenvalue weighted by Crippen LogP contribution is -2.26. The number of aromatic nitrogens is 2. The van der Waals surface area contributed by atoms with Gasteiger partial charge in [-0.2, -0.15) is 0 Å². The number of carbonyl (C=O) groups is 1. The molecule has 3 aromatic carbocycles. The Labute approximate surface area is 190 Å². The van der Waals surface area contributed by atoms with Crippen molar-refractivity contribution in [2.75, 3.05) is 11.9 Å².